The Hall–Kier alpha value is -3.54. The van der Waals surface area contributed by atoms with E-state index >= 15 is 0 Å². The van der Waals surface area contributed by atoms with Crippen molar-refractivity contribution in [2.24, 2.45) is 0 Å². The molecule has 18 heteroatoms. The zero-order valence-electron chi connectivity index (χ0n) is 20.5. The number of hydrogen-bond donors (Lipinski definition) is 2. The minimum Gasteiger partial charge on any atom is -0.475 e. The molecule has 4 rings (SSSR count). The first kappa shape index (κ1) is 31.7. The molecule has 0 atom stereocenters. The molecule has 2 aliphatic heterocycles. The first-order chi connectivity index (χ1) is 18.2. The quantitative estimate of drug-likeness (QED) is 0.506. The number of carboxylic acid groups (broad SMARTS) is 2. The molecule has 0 bridgehead atoms. The molecular weight excluding hydrogens is 544 g/mol. The van der Waals surface area contributed by atoms with Gasteiger partial charge in [-0.15, -0.1) is 0 Å². The van der Waals surface area contributed by atoms with Gasteiger partial charge in [-0.1, -0.05) is 0 Å². The van der Waals surface area contributed by atoms with Crippen molar-refractivity contribution >= 4 is 11.9 Å². The van der Waals surface area contributed by atoms with Crippen LogP contribution in [0.1, 0.15) is 30.8 Å². The van der Waals surface area contributed by atoms with Crippen LogP contribution in [0.15, 0.2) is 23.5 Å². The molecule has 0 spiro atoms. The number of alkyl halides is 6. The summed E-state index contributed by atoms with van der Waals surface area (Å²) in [6.07, 6.45) is -3.38. The van der Waals surface area contributed by atoms with Crippen LogP contribution in [-0.4, -0.2) is 101 Å². The molecule has 218 valence electrons. The lowest BCUT2D eigenvalue weighted by atomic mass is 10.3. The van der Waals surface area contributed by atoms with E-state index in [2.05, 4.69) is 19.9 Å². The van der Waals surface area contributed by atoms with Gasteiger partial charge < -0.3 is 15.1 Å². The molecule has 0 aliphatic carbocycles. The van der Waals surface area contributed by atoms with Crippen molar-refractivity contribution in [3.05, 3.63) is 40.6 Å². The van der Waals surface area contributed by atoms with E-state index in [-0.39, 0.29) is 5.56 Å². The topological polar surface area (TPSA) is 147 Å². The number of halogens is 6. The Balaban J connectivity index is 0.000000317. The second-order valence-electron chi connectivity index (χ2n) is 8.53. The van der Waals surface area contributed by atoms with Crippen molar-refractivity contribution in [1.29, 1.82) is 0 Å². The zero-order chi connectivity index (χ0) is 29.2. The van der Waals surface area contributed by atoms with Gasteiger partial charge in [-0.3, -0.25) is 14.3 Å². The Morgan fingerprint density at radius 3 is 1.92 bits per heavy atom. The Bertz CT molecular complexity index is 1110. The predicted molar refractivity (Wildman–Crippen MR) is 121 cm³/mol. The van der Waals surface area contributed by atoms with Crippen LogP contribution in [-0.2, 0) is 29.2 Å². The summed E-state index contributed by atoms with van der Waals surface area (Å²) in [5.74, 6) is -4.64. The number of aliphatic carboxylic acids is 2. The van der Waals surface area contributed by atoms with Crippen molar-refractivity contribution in [1.82, 2.24) is 34.1 Å². The summed E-state index contributed by atoms with van der Waals surface area (Å²) in [7, 11) is 0. The van der Waals surface area contributed by atoms with Crippen LogP contribution in [0.2, 0.25) is 0 Å². The number of rotatable bonds is 5. The number of hydrogen-bond acceptors (Lipinski definition) is 8. The molecule has 2 N–H and O–H groups in total. The Labute approximate surface area is 217 Å². The van der Waals surface area contributed by atoms with Gasteiger partial charge in [-0.2, -0.15) is 31.4 Å². The van der Waals surface area contributed by atoms with E-state index in [1.807, 2.05) is 4.57 Å². The maximum Gasteiger partial charge on any atom is 0.490 e. The van der Waals surface area contributed by atoms with Gasteiger partial charge in [0.15, 0.2) is 0 Å². The number of carbonyl (C=O) groups is 2. The molecule has 1 saturated heterocycles. The second-order valence-corrected chi connectivity index (χ2v) is 8.53. The van der Waals surface area contributed by atoms with Gasteiger partial charge in [0.1, 0.15) is 18.5 Å². The van der Waals surface area contributed by atoms with Crippen LogP contribution >= 0.6 is 0 Å². The number of aromatic nitrogens is 5. The van der Waals surface area contributed by atoms with Crippen molar-refractivity contribution in [2.75, 3.05) is 32.7 Å². The summed E-state index contributed by atoms with van der Waals surface area (Å²) in [6.45, 7) is 7.62. The molecule has 1 fully saturated rings. The normalized spacial score (nSPS) is 16.3. The lowest BCUT2D eigenvalue weighted by Crippen LogP contribution is -2.34. The van der Waals surface area contributed by atoms with E-state index in [0.29, 0.717) is 6.54 Å². The highest BCUT2D eigenvalue weighted by Crippen LogP contribution is 2.14. The lowest BCUT2D eigenvalue weighted by molar-refractivity contribution is -0.193. The number of likely N-dealkylation sites (tertiary alicyclic amines) is 1. The monoisotopic (exact) mass is 571 g/mol. The van der Waals surface area contributed by atoms with E-state index < -0.39 is 24.3 Å². The molecule has 4 heterocycles. The average Bonchev–Trinajstić information content (AvgIpc) is 3.49. The van der Waals surface area contributed by atoms with Crippen LogP contribution < -0.4 is 5.56 Å². The third-order valence-electron chi connectivity index (χ3n) is 5.57. The van der Waals surface area contributed by atoms with E-state index in [4.69, 9.17) is 24.8 Å². The van der Waals surface area contributed by atoms with Gasteiger partial charge in [0.25, 0.3) is 5.56 Å². The van der Waals surface area contributed by atoms with Crippen LogP contribution in [0.25, 0.3) is 0 Å². The fourth-order valence-electron chi connectivity index (χ4n) is 3.74. The molecule has 0 unspecified atom stereocenters. The summed E-state index contributed by atoms with van der Waals surface area (Å²) in [6, 6.07) is 1.63. The van der Waals surface area contributed by atoms with Gasteiger partial charge in [-0.25, -0.2) is 24.2 Å². The molecular formula is C21H27F6N7O5. The first-order valence-electron chi connectivity index (χ1n) is 11.6. The van der Waals surface area contributed by atoms with Crippen LogP contribution in [0.4, 0.5) is 26.3 Å². The highest BCUT2D eigenvalue weighted by Gasteiger charge is 2.38. The molecule has 39 heavy (non-hydrogen) atoms. The SMILES string of the molecule is O=C(O)C(F)(F)F.O=C(O)C(F)(F)F.O=c1cc(Cn2cncn2)nc2n1CCCN(CCN1CCCC1)C2. The summed E-state index contributed by atoms with van der Waals surface area (Å²) in [4.78, 5) is 44.0. The smallest absolute Gasteiger partial charge is 0.475 e. The van der Waals surface area contributed by atoms with Crippen molar-refractivity contribution in [3.63, 3.8) is 0 Å². The van der Waals surface area contributed by atoms with Crippen LogP contribution in [0, 0.1) is 0 Å². The van der Waals surface area contributed by atoms with Gasteiger partial charge in [0.2, 0.25) is 0 Å². The molecule has 12 nitrogen and oxygen atoms in total. The summed E-state index contributed by atoms with van der Waals surface area (Å²) < 4.78 is 67.0. The first-order valence-corrected chi connectivity index (χ1v) is 11.6. The van der Waals surface area contributed by atoms with Gasteiger partial charge in [0.05, 0.1) is 18.8 Å². The number of nitrogens with zero attached hydrogens (tertiary/aromatic N) is 7. The predicted octanol–water partition coefficient (Wildman–Crippen LogP) is 1.45. The van der Waals surface area contributed by atoms with Crippen LogP contribution in [0.5, 0.6) is 0 Å². The maximum absolute atomic E-state index is 12.5. The van der Waals surface area contributed by atoms with Crippen molar-refractivity contribution in [3.8, 4) is 0 Å². The Morgan fingerprint density at radius 1 is 0.872 bits per heavy atom. The van der Waals surface area contributed by atoms with Crippen molar-refractivity contribution in [2.45, 2.75) is 51.2 Å². The molecule has 2 aliphatic rings. The Kier molecular flexibility index (Phi) is 11.4. The fraction of sp³-hybridized carbons (Fsp3) is 0.619. The highest BCUT2D eigenvalue weighted by atomic mass is 19.4. The second kappa shape index (κ2) is 14.0. The molecule has 0 aromatic carbocycles. The highest BCUT2D eigenvalue weighted by molar-refractivity contribution is 5.73. The average molecular weight is 571 g/mol. The third-order valence-corrected chi connectivity index (χ3v) is 5.57. The van der Waals surface area contributed by atoms with E-state index in [1.54, 1.807) is 17.1 Å². The molecule has 0 saturated carbocycles. The number of fused-ring (bicyclic) bond motifs is 1. The molecule has 0 amide bonds. The molecule has 0 radical (unpaired) electrons. The standard InChI is InChI=1S/C17H25N7O.2C2HF3O2/c25-17-10-15(11-23-14-18-13-19-23)20-16-12-22(6-3-7-24(16)17)9-8-21-4-1-2-5-21;2*3-2(4,5)1(6)7/h10,13-14H,1-9,11-12H2;2*(H,6,7). The van der Waals surface area contributed by atoms with E-state index in [0.717, 1.165) is 50.7 Å². The maximum atomic E-state index is 12.5. The summed E-state index contributed by atoms with van der Waals surface area (Å²) in [5, 5.41) is 18.4. The largest absolute Gasteiger partial charge is 0.490 e. The molecule has 2 aromatic rings. The van der Waals surface area contributed by atoms with E-state index in [9.17, 15) is 31.1 Å². The minimum atomic E-state index is -5.08. The van der Waals surface area contributed by atoms with Crippen LogP contribution in [0.3, 0.4) is 0 Å². The fourth-order valence-corrected chi connectivity index (χ4v) is 3.74. The van der Waals surface area contributed by atoms with Crippen molar-refractivity contribution < 1.29 is 46.1 Å². The number of carboxylic acids is 2. The van der Waals surface area contributed by atoms with Gasteiger partial charge in [0, 0.05) is 32.2 Å². The zero-order valence-corrected chi connectivity index (χ0v) is 20.5. The Morgan fingerprint density at radius 2 is 1.41 bits per heavy atom. The van der Waals surface area contributed by atoms with Gasteiger partial charge >= 0.3 is 24.3 Å². The minimum absolute atomic E-state index is 0.0431. The summed E-state index contributed by atoms with van der Waals surface area (Å²) in [5.41, 5.74) is 0.796. The third kappa shape index (κ3) is 11.0. The molecule has 2 aromatic heterocycles. The lowest BCUT2D eigenvalue weighted by Gasteiger charge is -2.23. The van der Waals surface area contributed by atoms with Gasteiger partial charge in [-0.05, 0) is 32.4 Å². The summed E-state index contributed by atoms with van der Waals surface area (Å²) >= 11 is 0. The van der Waals surface area contributed by atoms with E-state index in [1.165, 1.54) is 32.3 Å².